The molecular formula is C22H30Cl2N2O2S. The molecule has 0 fully saturated rings. The van der Waals surface area contributed by atoms with Crippen molar-refractivity contribution in [1.82, 2.24) is 4.72 Å². The van der Waals surface area contributed by atoms with Gasteiger partial charge in [0.05, 0.1) is 5.75 Å². The predicted octanol–water partition coefficient (Wildman–Crippen LogP) is 4.23. The highest BCUT2D eigenvalue weighted by Gasteiger charge is 2.27. The van der Waals surface area contributed by atoms with Crippen molar-refractivity contribution in [2.24, 2.45) is 5.73 Å². The Morgan fingerprint density at radius 3 is 2.69 bits per heavy atom. The number of fused-ring (bicyclic) bond motifs is 1. The molecular weight excluding hydrogens is 427 g/mol. The molecule has 0 spiro atoms. The Balaban J connectivity index is 0.00000300. The van der Waals surface area contributed by atoms with Gasteiger partial charge in [0.15, 0.2) is 0 Å². The number of nitrogens with two attached hydrogens (primary N) is 1. The standard InChI is InChI=1S/C22H29ClN2O2S.ClH/c1-2-12-28(26,27)25-11-10-16-6-7-18-8-9-22(24)21(20(18)14-16)15-17-4-3-5-19(23)13-17;/h3-7,13-14,21-22,25H,2,8-12,15,24H2,1H3;1H. The second-order valence-corrected chi connectivity index (χ2v) is 10.0. The van der Waals surface area contributed by atoms with E-state index < -0.39 is 10.0 Å². The van der Waals surface area contributed by atoms with Crippen LogP contribution in [0.2, 0.25) is 5.02 Å². The number of sulfonamides is 1. The molecule has 2 atom stereocenters. The van der Waals surface area contributed by atoms with Gasteiger partial charge in [-0.2, -0.15) is 0 Å². The summed E-state index contributed by atoms with van der Waals surface area (Å²) >= 11 is 6.15. The van der Waals surface area contributed by atoms with Crippen LogP contribution in [0.3, 0.4) is 0 Å². The zero-order valence-electron chi connectivity index (χ0n) is 16.7. The maximum atomic E-state index is 11.8. The molecule has 29 heavy (non-hydrogen) atoms. The minimum atomic E-state index is -3.17. The number of halogens is 2. The highest BCUT2D eigenvalue weighted by atomic mass is 35.5. The number of rotatable bonds is 8. The number of hydrogen-bond acceptors (Lipinski definition) is 3. The quantitative estimate of drug-likeness (QED) is 0.623. The van der Waals surface area contributed by atoms with E-state index >= 15 is 0 Å². The molecule has 7 heteroatoms. The van der Waals surface area contributed by atoms with E-state index in [-0.39, 0.29) is 30.1 Å². The third kappa shape index (κ3) is 6.69. The summed E-state index contributed by atoms with van der Waals surface area (Å²) < 4.78 is 26.4. The molecule has 0 heterocycles. The summed E-state index contributed by atoms with van der Waals surface area (Å²) in [5.41, 5.74) is 11.5. The van der Waals surface area contributed by atoms with Crippen molar-refractivity contribution in [1.29, 1.82) is 0 Å². The molecule has 0 aliphatic heterocycles. The van der Waals surface area contributed by atoms with Gasteiger partial charge in [-0.05, 0) is 66.5 Å². The largest absolute Gasteiger partial charge is 0.327 e. The minimum Gasteiger partial charge on any atom is -0.327 e. The first-order valence-electron chi connectivity index (χ1n) is 9.97. The van der Waals surface area contributed by atoms with Crippen LogP contribution < -0.4 is 10.5 Å². The van der Waals surface area contributed by atoms with Gasteiger partial charge in [-0.25, -0.2) is 13.1 Å². The van der Waals surface area contributed by atoms with Crippen LogP contribution in [0.5, 0.6) is 0 Å². The van der Waals surface area contributed by atoms with Gasteiger partial charge >= 0.3 is 0 Å². The molecule has 160 valence electrons. The van der Waals surface area contributed by atoms with E-state index in [4.69, 9.17) is 17.3 Å². The van der Waals surface area contributed by atoms with Crippen molar-refractivity contribution in [3.8, 4) is 0 Å². The maximum absolute atomic E-state index is 11.8. The first kappa shape index (κ1) is 24.2. The van der Waals surface area contributed by atoms with Crippen molar-refractivity contribution >= 4 is 34.0 Å². The number of aryl methyl sites for hydroxylation is 1. The van der Waals surface area contributed by atoms with E-state index in [0.717, 1.165) is 29.8 Å². The van der Waals surface area contributed by atoms with Gasteiger partial charge in [0, 0.05) is 23.5 Å². The fourth-order valence-corrected chi connectivity index (χ4v) is 5.31. The molecule has 2 aromatic rings. The summed E-state index contributed by atoms with van der Waals surface area (Å²) in [7, 11) is -3.17. The second kappa shape index (κ2) is 10.8. The van der Waals surface area contributed by atoms with Crippen LogP contribution in [0, 0.1) is 0 Å². The first-order valence-corrected chi connectivity index (χ1v) is 12.0. The normalized spacial score (nSPS) is 18.7. The third-order valence-corrected chi connectivity index (χ3v) is 7.25. The van der Waals surface area contributed by atoms with E-state index in [0.29, 0.717) is 19.4 Å². The van der Waals surface area contributed by atoms with Crippen LogP contribution in [0.4, 0.5) is 0 Å². The van der Waals surface area contributed by atoms with Crippen molar-refractivity contribution in [2.75, 3.05) is 12.3 Å². The van der Waals surface area contributed by atoms with Crippen LogP contribution >= 0.6 is 24.0 Å². The van der Waals surface area contributed by atoms with Crippen molar-refractivity contribution in [2.45, 2.75) is 51.0 Å². The van der Waals surface area contributed by atoms with Crippen molar-refractivity contribution < 1.29 is 8.42 Å². The van der Waals surface area contributed by atoms with Gasteiger partial charge in [-0.3, -0.25) is 0 Å². The molecule has 3 rings (SSSR count). The van der Waals surface area contributed by atoms with Crippen LogP contribution in [-0.4, -0.2) is 26.8 Å². The summed E-state index contributed by atoms with van der Waals surface area (Å²) in [6.07, 6.45) is 4.13. The molecule has 0 saturated heterocycles. The van der Waals surface area contributed by atoms with E-state index in [9.17, 15) is 8.42 Å². The maximum Gasteiger partial charge on any atom is 0.211 e. The third-order valence-electron chi connectivity index (χ3n) is 5.43. The van der Waals surface area contributed by atoms with Gasteiger partial charge in [0.25, 0.3) is 0 Å². The van der Waals surface area contributed by atoms with Crippen molar-refractivity contribution in [3.63, 3.8) is 0 Å². The van der Waals surface area contributed by atoms with E-state index in [1.54, 1.807) is 0 Å². The van der Waals surface area contributed by atoms with E-state index in [2.05, 4.69) is 29.0 Å². The summed E-state index contributed by atoms with van der Waals surface area (Å²) in [4.78, 5) is 0. The number of hydrogen-bond donors (Lipinski definition) is 2. The van der Waals surface area contributed by atoms with Crippen LogP contribution in [0.15, 0.2) is 42.5 Å². The van der Waals surface area contributed by atoms with Gasteiger partial charge in [-0.15, -0.1) is 12.4 Å². The molecule has 2 aromatic carbocycles. The van der Waals surface area contributed by atoms with Gasteiger partial charge < -0.3 is 5.73 Å². The zero-order chi connectivity index (χ0) is 20.1. The molecule has 3 N–H and O–H groups in total. The van der Waals surface area contributed by atoms with Gasteiger partial charge in [0.1, 0.15) is 0 Å². The van der Waals surface area contributed by atoms with Crippen LogP contribution in [0.25, 0.3) is 0 Å². The predicted molar refractivity (Wildman–Crippen MR) is 124 cm³/mol. The number of nitrogens with one attached hydrogen (secondary N) is 1. The molecule has 2 unspecified atom stereocenters. The molecule has 0 bridgehead atoms. The Morgan fingerprint density at radius 2 is 1.97 bits per heavy atom. The topological polar surface area (TPSA) is 72.2 Å². The second-order valence-electron chi connectivity index (χ2n) is 7.64. The minimum absolute atomic E-state index is 0. The van der Waals surface area contributed by atoms with Crippen LogP contribution in [0.1, 0.15) is 47.9 Å². The molecule has 0 amide bonds. The van der Waals surface area contributed by atoms with E-state index in [1.807, 2.05) is 25.1 Å². The zero-order valence-corrected chi connectivity index (χ0v) is 19.1. The molecule has 0 radical (unpaired) electrons. The lowest BCUT2D eigenvalue weighted by Crippen LogP contribution is -2.34. The monoisotopic (exact) mass is 456 g/mol. The Kier molecular flexibility index (Phi) is 8.98. The fourth-order valence-electron chi connectivity index (χ4n) is 4.00. The average molecular weight is 457 g/mol. The Bertz CT molecular complexity index is 919. The smallest absolute Gasteiger partial charge is 0.211 e. The highest BCUT2D eigenvalue weighted by Crippen LogP contribution is 2.34. The Morgan fingerprint density at radius 1 is 1.17 bits per heavy atom. The lowest BCUT2D eigenvalue weighted by molar-refractivity contribution is 0.467. The fraction of sp³-hybridized carbons (Fsp3) is 0.455. The first-order chi connectivity index (χ1) is 13.4. The van der Waals surface area contributed by atoms with Crippen LogP contribution in [-0.2, 0) is 29.3 Å². The summed E-state index contributed by atoms with van der Waals surface area (Å²) in [5, 5.41) is 0.746. The molecule has 1 aliphatic rings. The highest BCUT2D eigenvalue weighted by molar-refractivity contribution is 7.89. The van der Waals surface area contributed by atoms with Gasteiger partial charge in [-0.1, -0.05) is 48.9 Å². The Hall–Kier alpha value is -1.11. The summed E-state index contributed by atoms with van der Waals surface area (Å²) in [5.74, 6) is 0.423. The van der Waals surface area contributed by atoms with Gasteiger partial charge in [0.2, 0.25) is 10.0 Å². The summed E-state index contributed by atoms with van der Waals surface area (Å²) in [6, 6.07) is 14.6. The van der Waals surface area contributed by atoms with E-state index in [1.165, 1.54) is 16.7 Å². The molecule has 1 aliphatic carbocycles. The average Bonchev–Trinajstić information content (AvgIpc) is 2.64. The lowest BCUT2D eigenvalue weighted by atomic mass is 9.76. The Labute approximate surface area is 185 Å². The molecule has 4 nitrogen and oxygen atoms in total. The van der Waals surface area contributed by atoms with Crippen molar-refractivity contribution in [3.05, 3.63) is 69.7 Å². The number of benzene rings is 2. The molecule has 0 aromatic heterocycles. The summed E-state index contributed by atoms with van der Waals surface area (Å²) in [6.45, 7) is 2.29. The SMILES string of the molecule is CCCS(=O)(=O)NCCc1ccc2c(c1)C(Cc1cccc(Cl)c1)C(N)CC2.Cl. The lowest BCUT2D eigenvalue weighted by Gasteiger charge is -2.32. The molecule has 0 saturated carbocycles.